The minimum atomic E-state index is 0.358. The molecule has 2 N–H and O–H groups in total. The van der Waals surface area contributed by atoms with Crippen molar-refractivity contribution in [1.82, 2.24) is 4.90 Å². The van der Waals surface area contributed by atoms with Crippen molar-refractivity contribution in [2.45, 2.75) is 31.0 Å². The van der Waals surface area contributed by atoms with Crippen LogP contribution in [0.1, 0.15) is 12.8 Å². The normalized spacial score (nSPS) is 47.0. The highest BCUT2D eigenvalue weighted by molar-refractivity contribution is 5.23. The van der Waals surface area contributed by atoms with Crippen LogP contribution in [-0.4, -0.2) is 30.1 Å². The van der Waals surface area contributed by atoms with Crippen LogP contribution in [0.25, 0.3) is 0 Å². The lowest BCUT2D eigenvalue weighted by molar-refractivity contribution is 0.317. The van der Waals surface area contributed by atoms with Gasteiger partial charge >= 0.3 is 0 Å². The molecule has 1 unspecified atom stereocenters. The molecule has 2 rings (SSSR count). The van der Waals surface area contributed by atoms with Crippen molar-refractivity contribution in [2.24, 2.45) is 5.73 Å². The Labute approximate surface area is 61.7 Å². The van der Waals surface area contributed by atoms with E-state index in [1.807, 2.05) is 0 Å². The van der Waals surface area contributed by atoms with Gasteiger partial charge in [0.2, 0.25) is 0 Å². The van der Waals surface area contributed by atoms with Gasteiger partial charge in [0.1, 0.15) is 0 Å². The maximum Gasteiger partial charge on any atom is 0.0457 e. The number of hydrogen-bond donors (Lipinski definition) is 1. The summed E-state index contributed by atoms with van der Waals surface area (Å²) < 4.78 is 0. The molecule has 0 aromatic heterocycles. The van der Waals surface area contributed by atoms with Gasteiger partial charge in [-0.3, -0.25) is 4.90 Å². The van der Waals surface area contributed by atoms with Crippen molar-refractivity contribution in [3.63, 3.8) is 0 Å². The van der Waals surface area contributed by atoms with E-state index in [1.165, 1.54) is 18.4 Å². The van der Waals surface area contributed by atoms with Crippen molar-refractivity contribution in [2.75, 3.05) is 7.05 Å². The van der Waals surface area contributed by atoms with Crippen LogP contribution < -0.4 is 5.73 Å². The zero-order valence-electron chi connectivity index (χ0n) is 6.38. The molecular formula is C8H14N2. The smallest absolute Gasteiger partial charge is 0.0457 e. The molecule has 0 aliphatic carbocycles. The molecule has 2 aliphatic heterocycles. The molecule has 2 heteroatoms. The summed E-state index contributed by atoms with van der Waals surface area (Å²) >= 11 is 0. The number of nitrogens with zero attached hydrogens (tertiary/aromatic N) is 1. The Balaban J connectivity index is 2.27. The van der Waals surface area contributed by atoms with Gasteiger partial charge in [-0.25, -0.2) is 0 Å². The summed E-state index contributed by atoms with van der Waals surface area (Å²) in [5.74, 6) is 0. The highest BCUT2D eigenvalue weighted by Gasteiger charge is 2.44. The molecule has 3 atom stereocenters. The Bertz CT molecular complexity index is 176. The van der Waals surface area contributed by atoms with Gasteiger partial charge < -0.3 is 5.73 Å². The van der Waals surface area contributed by atoms with Crippen LogP contribution in [0.2, 0.25) is 0 Å². The summed E-state index contributed by atoms with van der Waals surface area (Å²) in [5.41, 5.74) is 7.24. The first-order chi connectivity index (χ1) is 4.70. The van der Waals surface area contributed by atoms with E-state index in [1.54, 1.807) is 0 Å². The fourth-order valence-corrected chi connectivity index (χ4v) is 2.38. The number of likely N-dealkylation sites (N-methyl/N-ethyl adjacent to an activating group) is 1. The lowest BCUT2D eigenvalue weighted by Crippen LogP contribution is -2.36. The average molecular weight is 138 g/mol. The zero-order chi connectivity index (χ0) is 7.30. The van der Waals surface area contributed by atoms with Crippen molar-refractivity contribution in [1.29, 1.82) is 0 Å². The van der Waals surface area contributed by atoms with E-state index in [2.05, 4.69) is 18.5 Å². The van der Waals surface area contributed by atoms with E-state index in [4.69, 9.17) is 5.73 Å². The molecule has 0 saturated carbocycles. The van der Waals surface area contributed by atoms with Gasteiger partial charge in [-0.15, -0.1) is 0 Å². The predicted molar refractivity (Wildman–Crippen MR) is 41.7 cm³/mol. The van der Waals surface area contributed by atoms with Crippen molar-refractivity contribution in [3.8, 4) is 0 Å². The molecule has 0 radical (unpaired) electrons. The van der Waals surface area contributed by atoms with Crippen LogP contribution >= 0.6 is 0 Å². The van der Waals surface area contributed by atoms with Crippen LogP contribution in [0.15, 0.2) is 12.2 Å². The molecule has 2 heterocycles. The Morgan fingerprint density at radius 1 is 1.70 bits per heavy atom. The SMILES string of the molecule is C=C1CC2C[C@@H](N)[C@@H]1N2C. The van der Waals surface area contributed by atoms with Gasteiger partial charge in [-0.2, -0.15) is 0 Å². The molecule has 56 valence electrons. The number of fused-ring (bicyclic) bond motifs is 2. The van der Waals surface area contributed by atoms with E-state index < -0.39 is 0 Å². The van der Waals surface area contributed by atoms with E-state index in [-0.39, 0.29) is 0 Å². The minimum absolute atomic E-state index is 0.358. The lowest BCUT2D eigenvalue weighted by atomic mass is 9.92. The van der Waals surface area contributed by atoms with Crippen LogP contribution in [0, 0.1) is 0 Å². The highest BCUT2D eigenvalue weighted by Crippen LogP contribution is 2.38. The summed E-state index contributed by atoms with van der Waals surface area (Å²) in [6.45, 7) is 4.02. The largest absolute Gasteiger partial charge is 0.326 e. The molecule has 2 saturated heterocycles. The fourth-order valence-electron chi connectivity index (χ4n) is 2.38. The molecule has 0 aromatic rings. The van der Waals surface area contributed by atoms with Gasteiger partial charge in [-0.1, -0.05) is 12.2 Å². The molecule has 0 amide bonds. The second-order valence-corrected chi connectivity index (χ2v) is 3.53. The van der Waals surface area contributed by atoms with E-state index in [0.717, 1.165) is 0 Å². The quantitative estimate of drug-likeness (QED) is 0.489. The average Bonchev–Trinajstić information content (AvgIpc) is 2.20. The number of nitrogens with two attached hydrogens (primary N) is 1. The van der Waals surface area contributed by atoms with Gasteiger partial charge in [0.05, 0.1) is 0 Å². The lowest BCUT2D eigenvalue weighted by Gasteiger charge is -2.18. The van der Waals surface area contributed by atoms with E-state index in [0.29, 0.717) is 18.1 Å². The number of hydrogen-bond acceptors (Lipinski definition) is 2. The van der Waals surface area contributed by atoms with Crippen LogP contribution in [0.5, 0.6) is 0 Å². The van der Waals surface area contributed by atoms with Crippen molar-refractivity contribution in [3.05, 3.63) is 12.2 Å². The summed E-state index contributed by atoms with van der Waals surface area (Å²) in [6.07, 6.45) is 2.34. The monoisotopic (exact) mass is 138 g/mol. The molecule has 2 bridgehead atoms. The molecular weight excluding hydrogens is 124 g/mol. The molecule has 10 heavy (non-hydrogen) atoms. The van der Waals surface area contributed by atoms with Gasteiger partial charge in [0.25, 0.3) is 0 Å². The maximum absolute atomic E-state index is 5.90. The molecule has 2 fully saturated rings. The molecule has 0 aromatic carbocycles. The second kappa shape index (κ2) is 1.83. The molecule has 0 spiro atoms. The van der Waals surface area contributed by atoms with Gasteiger partial charge in [-0.05, 0) is 19.9 Å². The summed E-state index contributed by atoms with van der Waals surface area (Å²) in [4.78, 5) is 2.37. The Hall–Kier alpha value is -0.340. The van der Waals surface area contributed by atoms with Gasteiger partial charge in [0, 0.05) is 18.1 Å². The van der Waals surface area contributed by atoms with Crippen molar-refractivity contribution < 1.29 is 0 Å². The minimum Gasteiger partial charge on any atom is -0.326 e. The molecule has 2 aliphatic rings. The van der Waals surface area contributed by atoms with E-state index in [9.17, 15) is 0 Å². The van der Waals surface area contributed by atoms with E-state index >= 15 is 0 Å². The predicted octanol–water partition coefficient (Wildman–Crippen LogP) is 0.346. The Kier molecular flexibility index (Phi) is 1.17. The van der Waals surface area contributed by atoms with Crippen molar-refractivity contribution >= 4 is 0 Å². The van der Waals surface area contributed by atoms with Crippen LogP contribution in [-0.2, 0) is 0 Å². The third-order valence-electron chi connectivity index (χ3n) is 2.88. The zero-order valence-corrected chi connectivity index (χ0v) is 6.38. The summed E-state index contributed by atoms with van der Waals surface area (Å²) in [7, 11) is 2.15. The number of rotatable bonds is 0. The van der Waals surface area contributed by atoms with Crippen LogP contribution in [0.4, 0.5) is 0 Å². The van der Waals surface area contributed by atoms with Crippen LogP contribution in [0.3, 0.4) is 0 Å². The third kappa shape index (κ3) is 0.607. The first-order valence-electron chi connectivity index (χ1n) is 3.85. The highest BCUT2D eigenvalue weighted by atomic mass is 15.2. The third-order valence-corrected chi connectivity index (χ3v) is 2.88. The Morgan fingerprint density at radius 3 is 2.70 bits per heavy atom. The standard InChI is InChI=1S/C8H14N2/c1-5-3-6-4-7(9)8(5)10(6)2/h6-8H,1,3-4,9H2,2H3/t6?,7-,8-/m1/s1. The topological polar surface area (TPSA) is 29.3 Å². The fraction of sp³-hybridized carbons (Fsp3) is 0.750. The first-order valence-corrected chi connectivity index (χ1v) is 3.85. The summed E-state index contributed by atoms with van der Waals surface area (Å²) in [6, 6.07) is 1.55. The first kappa shape index (κ1) is 6.38. The second-order valence-electron chi connectivity index (χ2n) is 3.53. The summed E-state index contributed by atoms with van der Waals surface area (Å²) in [5, 5.41) is 0. The Morgan fingerprint density at radius 2 is 2.40 bits per heavy atom. The maximum atomic E-state index is 5.90. The molecule has 2 nitrogen and oxygen atoms in total. The van der Waals surface area contributed by atoms with Gasteiger partial charge in [0.15, 0.2) is 0 Å².